The first-order valence-electron chi connectivity index (χ1n) is 6.20. The van der Waals surface area contributed by atoms with Crippen molar-refractivity contribution in [3.05, 3.63) is 12.2 Å². The summed E-state index contributed by atoms with van der Waals surface area (Å²) in [6.07, 6.45) is 14.6. The van der Waals surface area contributed by atoms with Crippen molar-refractivity contribution in [1.29, 1.82) is 0 Å². The maximum absolute atomic E-state index is 5.54. The van der Waals surface area contributed by atoms with Gasteiger partial charge in [-0.25, -0.2) is 0 Å². The van der Waals surface area contributed by atoms with Gasteiger partial charge in [0.25, 0.3) is 0 Å². The number of rotatable bonds is 8. The molecule has 2 atom stereocenters. The molecule has 14 heavy (non-hydrogen) atoms. The minimum Gasteiger partial charge on any atom is -0.365 e. The van der Waals surface area contributed by atoms with Gasteiger partial charge in [0.2, 0.25) is 0 Å². The van der Waals surface area contributed by atoms with E-state index in [9.17, 15) is 0 Å². The quantitative estimate of drug-likeness (QED) is 0.324. The lowest BCUT2D eigenvalue weighted by molar-refractivity contribution is 0.375. The number of ether oxygens (including phenoxy) is 1. The number of allylic oxidation sites excluding steroid dienone is 1. The van der Waals surface area contributed by atoms with E-state index in [-0.39, 0.29) is 0 Å². The number of unbranched alkanes of at least 4 members (excludes halogenated alkanes) is 4. The third-order valence-electron chi connectivity index (χ3n) is 2.76. The van der Waals surface area contributed by atoms with Crippen LogP contribution in [0.25, 0.3) is 0 Å². The van der Waals surface area contributed by atoms with Crippen LogP contribution in [0, 0.1) is 0 Å². The van der Waals surface area contributed by atoms with Gasteiger partial charge >= 0.3 is 0 Å². The highest BCUT2D eigenvalue weighted by molar-refractivity contribution is 5.02. The van der Waals surface area contributed by atoms with Crippen LogP contribution in [-0.2, 0) is 4.74 Å². The van der Waals surface area contributed by atoms with E-state index in [1.807, 2.05) is 0 Å². The van der Waals surface area contributed by atoms with Crippen LogP contribution in [0.15, 0.2) is 12.2 Å². The molecule has 0 aromatic heterocycles. The Balaban J connectivity index is 1.93. The van der Waals surface area contributed by atoms with E-state index >= 15 is 0 Å². The van der Waals surface area contributed by atoms with Crippen molar-refractivity contribution in [2.24, 2.45) is 0 Å². The third-order valence-corrected chi connectivity index (χ3v) is 2.76. The second-order valence-corrected chi connectivity index (χ2v) is 4.21. The standard InChI is InChI=1S/C13H24O/c1-3-5-7-8-9-11-13-12(14-13)10-6-4-2/h9,11-13H,3-8,10H2,1-2H3/b11-9+/t12-,13-/m0/s1. The van der Waals surface area contributed by atoms with Gasteiger partial charge < -0.3 is 4.74 Å². The van der Waals surface area contributed by atoms with Crippen LogP contribution in [0.1, 0.15) is 58.8 Å². The first-order valence-corrected chi connectivity index (χ1v) is 6.20. The molecule has 0 spiro atoms. The molecule has 0 amide bonds. The summed E-state index contributed by atoms with van der Waals surface area (Å²) in [5.41, 5.74) is 0. The Morgan fingerprint density at radius 3 is 2.57 bits per heavy atom. The van der Waals surface area contributed by atoms with Crippen LogP contribution < -0.4 is 0 Å². The largest absolute Gasteiger partial charge is 0.365 e. The van der Waals surface area contributed by atoms with Crippen molar-refractivity contribution in [1.82, 2.24) is 0 Å². The van der Waals surface area contributed by atoms with Gasteiger partial charge in [-0.05, 0) is 19.3 Å². The second kappa shape index (κ2) is 7.05. The van der Waals surface area contributed by atoms with Crippen LogP contribution in [0.5, 0.6) is 0 Å². The Labute approximate surface area is 88.5 Å². The average Bonchev–Trinajstić information content (AvgIpc) is 2.93. The molecular weight excluding hydrogens is 172 g/mol. The fraction of sp³-hybridized carbons (Fsp3) is 0.846. The van der Waals surface area contributed by atoms with Gasteiger partial charge in [0, 0.05) is 0 Å². The molecule has 0 N–H and O–H groups in total. The van der Waals surface area contributed by atoms with Crippen molar-refractivity contribution in [3.63, 3.8) is 0 Å². The van der Waals surface area contributed by atoms with Crippen molar-refractivity contribution in [2.45, 2.75) is 71.0 Å². The Kier molecular flexibility index (Phi) is 5.93. The summed E-state index contributed by atoms with van der Waals surface area (Å²) >= 11 is 0. The number of epoxide rings is 1. The number of hydrogen-bond donors (Lipinski definition) is 0. The Hall–Kier alpha value is -0.300. The monoisotopic (exact) mass is 196 g/mol. The molecule has 0 radical (unpaired) electrons. The maximum atomic E-state index is 5.54. The summed E-state index contributed by atoms with van der Waals surface area (Å²) in [6, 6.07) is 0. The van der Waals surface area contributed by atoms with E-state index in [2.05, 4.69) is 26.0 Å². The summed E-state index contributed by atoms with van der Waals surface area (Å²) in [5, 5.41) is 0. The van der Waals surface area contributed by atoms with E-state index in [4.69, 9.17) is 4.74 Å². The van der Waals surface area contributed by atoms with Gasteiger partial charge in [-0.2, -0.15) is 0 Å². The molecule has 0 aromatic carbocycles. The first kappa shape index (κ1) is 11.8. The molecule has 0 bridgehead atoms. The van der Waals surface area contributed by atoms with Crippen molar-refractivity contribution in [3.8, 4) is 0 Å². The second-order valence-electron chi connectivity index (χ2n) is 4.21. The predicted molar refractivity (Wildman–Crippen MR) is 61.5 cm³/mol. The van der Waals surface area contributed by atoms with Crippen LogP contribution in [0.4, 0.5) is 0 Å². The summed E-state index contributed by atoms with van der Waals surface area (Å²) < 4.78 is 5.54. The van der Waals surface area contributed by atoms with Gasteiger partial charge in [-0.15, -0.1) is 0 Å². The zero-order valence-electron chi connectivity index (χ0n) is 9.67. The van der Waals surface area contributed by atoms with E-state index < -0.39 is 0 Å². The molecule has 0 unspecified atom stereocenters. The number of hydrogen-bond acceptors (Lipinski definition) is 1. The fourth-order valence-corrected chi connectivity index (χ4v) is 1.71. The SMILES string of the molecule is CCCCC/C=C/[C@@H]1O[C@H]1CCCC. The van der Waals surface area contributed by atoms with Crippen LogP contribution in [-0.4, -0.2) is 12.2 Å². The molecule has 1 aliphatic heterocycles. The van der Waals surface area contributed by atoms with E-state index in [0.29, 0.717) is 12.2 Å². The molecule has 1 nitrogen and oxygen atoms in total. The Bertz CT molecular complexity index is 163. The lowest BCUT2D eigenvalue weighted by atomic mass is 10.1. The van der Waals surface area contributed by atoms with Gasteiger partial charge in [-0.3, -0.25) is 0 Å². The van der Waals surface area contributed by atoms with Gasteiger partial charge in [-0.1, -0.05) is 51.7 Å². The van der Waals surface area contributed by atoms with Crippen LogP contribution in [0.2, 0.25) is 0 Å². The average molecular weight is 196 g/mol. The Morgan fingerprint density at radius 2 is 1.86 bits per heavy atom. The zero-order chi connectivity index (χ0) is 10.2. The molecule has 1 heterocycles. The zero-order valence-corrected chi connectivity index (χ0v) is 9.67. The minimum absolute atomic E-state index is 0.461. The third kappa shape index (κ3) is 4.80. The smallest absolute Gasteiger partial charge is 0.102 e. The normalized spacial score (nSPS) is 25.9. The molecule has 1 heteroatoms. The molecule has 1 rings (SSSR count). The summed E-state index contributed by atoms with van der Waals surface area (Å²) in [5.74, 6) is 0. The highest BCUT2D eigenvalue weighted by Crippen LogP contribution is 2.28. The van der Waals surface area contributed by atoms with Gasteiger partial charge in [0.05, 0.1) is 6.10 Å². The molecule has 1 saturated heterocycles. The molecule has 0 saturated carbocycles. The van der Waals surface area contributed by atoms with E-state index in [1.54, 1.807) is 0 Å². The highest BCUT2D eigenvalue weighted by Gasteiger charge is 2.34. The first-order chi connectivity index (χ1) is 6.88. The van der Waals surface area contributed by atoms with Crippen molar-refractivity contribution < 1.29 is 4.74 Å². The Morgan fingerprint density at radius 1 is 1.07 bits per heavy atom. The van der Waals surface area contributed by atoms with Crippen molar-refractivity contribution in [2.75, 3.05) is 0 Å². The van der Waals surface area contributed by atoms with Gasteiger partial charge in [0.1, 0.15) is 6.10 Å². The maximum Gasteiger partial charge on any atom is 0.102 e. The topological polar surface area (TPSA) is 12.5 Å². The van der Waals surface area contributed by atoms with Crippen LogP contribution >= 0.6 is 0 Å². The summed E-state index contributed by atoms with van der Waals surface area (Å²) in [6.45, 7) is 4.48. The fourth-order valence-electron chi connectivity index (χ4n) is 1.71. The summed E-state index contributed by atoms with van der Waals surface area (Å²) in [7, 11) is 0. The molecule has 0 aliphatic carbocycles. The molecule has 1 fully saturated rings. The minimum atomic E-state index is 0.461. The summed E-state index contributed by atoms with van der Waals surface area (Å²) in [4.78, 5) is 0. The van der Waals surface area contributed by atoms with Crippen molar-refractivity contribution >= 4 is 0 Å². The predicted octanol–water partition coefficient (Wildman–Crippen LogP) is 4.08. The lowest BCUT2D eigenvalue weighted by Crippen LogP contribution is -1.89. The van der Waals surface area contributed by atoms with E-state index in [1.165, 1.54) is 44.9 Å². The lowest BCUT2D eigenvalue weighted by Gasteiger charge is -1.91. The molecule has 82 valence electrons. The van der Waals surface area contributed by atoms with Gasteiger partial charge in [0.15, 0.2) is 0 Å². The molecular formula is C13H24O. The highest BCUT2D eigenvalue weighted by atomic mass is 16.6. The van der Waals surface area contributed by atoms with E-state index in [0.717, 1.165) is 0 Å². The molecule has 0 aromatic rings. The van der Waals surface area contributed by atoms with Crippen LogP contribution in [0.3, 0.4) is 0 Å². The molecule has 1 aliphatic rings.